The number of ether oxygens (including phenoxy) is 3. The molecule has 0 unspecified atom stereocenters. The van der Waals surface area contributed by atoms with Crippen LogP contribution in [-0.4, -0.2) is 73.3 Å². The number of carbonyl (C=O) groups is 1. The van der Waals surface area contributed by atoms with Gasteiger partial charge in [0.1, 0.15) is 17.7 Å². The molecule has 0 radical (unpaired) electrons. The number of amides is 1. The van der Waals surface area contributed by atoms with Gasteiger partial charge in [0.05, 0.1) is 24.9 Å². The van der Waals surface area contributed by atoms with Gasteiger partial charge < -0.3 is 34.4 Å². The molecule has 0 spiro atoms. The lowest BCUT2D eigenvalue weighted by atomic mass is 10.0. The minimum Gasteiger partial charge on any atom is -0.860 e. The zero-order valence-electron chi connectivity index (χ0n) is 23.6. The van der Waals surface area contributed by atoms with E-state index in [0.29, 0.717) is 25.3 Å². The normalized spacial score (nSPS) is 21.9. The topological polar surface area (TPSA) is 123 Å². The molecular weight excluding hydrogens is 517 g/mol. The van der Waals surface area contributed by atoms with E-state index in [1.54, 1.807) is 12.1 Å². The van der Waals surface area contributed by atoms with Crippen LogP contribution in [0.4, 0.5) is 10.1 Å². The van der Waals surface area contributed by atoms with Crippen molar-refractivity contribution in [2.24, 2.45) is 10.9 Å². The molecule has 2 saturated heterocycles. The fourth-order valence-electron chi connectivity index (χ4n) is 5.00. The summed E-state index contributed by atoms with van der Waals surface area (Å²) in [6.07, 6.45) is 6.46. The van der Waals surface area contributed by atoms with Crippen molar-refractivity contribution in [2.45, 2.75) is 64.9 Å². The molecule has 2 fully saturated rings. The first-order valence-corrected chi connectivity index (χ1v) is 13.8. The standard InChI is InChI=1S/C29H40FN5O5/c1-19(2)14-23(28(37)33-25(31)10-11-32-16-21-18-38-29(3,4)40-21)35-17-20(15-26(35)36)39-24-9-7-8-22(27(24)30)34-12-5-6-13-34/h7-11,15,19,21,23,32H,5-6,12-14,16-18H2,1-4H3,(H2,31,33,37)/p-1/b11-10-/t21-,23+/m1/s1. The number of hydrogen-bond donors (Lipinski definition) is 2. The van der Waals surface area contributed by atoms with Crippen LogP contribution in [0, 0.1) is 17.1 Å². The average molecular weight is 557 g/mol. The largest absolute Gasteiger partial charge is 0.860 e. The Morgan fingerprint density at radius 3 is 2.77 bits per heavy atom. The minimum atomic E-state index is -0.876. The Hall–Kier alpha value is -3.44. The molecule has 0 bridgehead atoms. The van der Waals surface area contributed by atoms with Gasteiger partial charge in [-0.25, -0.2) is 9.38 Å². The Balaban J connectivity index is 1.37. The Morgan fingerprint density at radius 2 is 2.10 bits per heavy atom. The Kier molecular flexibility index (Phi) is 9.47. The van der Waals surface area contributed by atoms with E-state index in [4.69, 9.17) is 19.6 Å². The highest BCUT2D eigenvalue weighted by molar-refractivity contribution is 6.01. The predicted molar refractivity (Wildman–Crippen MR) is 149 cm³/mol. The summed E-state index contributed by atoms with van der Waals surface area (Å²) in [4.78, 5) is 20.2. The van der Waals surface area contributed by atoms with Crippen LogP contribution in [0.5, 0.6) is 5.75 Å². The number of nitrogens with zero attached hydrogens (tertiary/aromatic N) is 3. The maximum atomic E-state index is 15.2. The van der Waals surface area contributed by atoms with E-state index in [1.807, 2.05) is 32.6 Å². The van der Waals surface area contributed by atoms with Crippen LogP contribution in [0.1, 0.15) is 47.0 Å². The quantitative estimate of drug-likeness (QED) is 0.317. The average Bonchev–Trinajstić information content (AvgIpc) is 3.62. The summed E-state index contributed by atoms with van der Waals surface area (Å²) in [5, 5.41) is 24.3. The summed E-state index contributed by atoms with van der Waals surface area (Å²) < 4.78 is 32.3. The molecule has 1 aromatic carbocycles. The molecule has 0 saturated carbocycles. The van der Waals surface area contributed by atoms with E-state index in [1.165, 1.54) is 29.3 Å². The Bertz CT molecular complexity index is 1180. The number of rotatable bonds is 11. The lowest BCUT2D eigenvalue weighted by molar-refractivity contribution is -0.224. The van der Waals surface area contributed by atoms with Gasteiger partial charge in [-0.05, 0) is 63.1 Å². The number of amidine groups is 1. The van der Waals surface area contributed by atoms with Gasteiger partial charge >= 0.3 is 0 Å². The van der Waals surface area contributed by atoms with Crippen molar-refractivity contribution in [3.05, 3.63) is 48.1 Å². The van der Waals surface area contributed by atoms with Crippen molar-refractivity contribution in [2.75, 3.05) is 37.7 Å². The number of aliphatic imine (C=N–C) groups is 1. The monoisotopic (exact) mass is 556 g/mol. The molecule has 2 N–H and O–H groups in total. The molecule has 3 heterocycles. The Labute approximate surface area is 235 Å². The summed E-state index contributed by atoms with van der Waals surface area (Å²) in [5.41, 5.74) is 0.484. The Morgan fingerprint density at radius 1 is 1.35 bits per heavy atom. The third-order valence-electron chi connectivity index (χ3n) is 6.88. The lowest BCUT2D eigenvalue weighted by Gasteiger charge is -2.33. The summed E-state index contributed by atoms with van der Waals surface area (Å²) in [6.45, 7) is 10.1. The number of benzene rings is 1. The van der Waals surface area contributed by atoms with Crippen molar-refractivity contribution in [1.29, 1.82) is 5.41 Å². The van der Waals surface area contributed by atoms with Crippen LogP contribution < -0.4 is 20.1 Å². The van der Waals surface area contributed by atoms with Gasteiger partial charge in [-0.1, -0.05) is 19.9 Å². The highest BCUT2D eigenvalue weighted by Crippen LogP contribution is 2.32. The molecular formula is C29H39FN5O5-. The number of halogens is 1. The van der Waals surface area contributed by atoms with Crippen molar-refractivity contribution in [3.63, 3.8) is 0 Å². The molecule has 1 amide bonds. The number of carbonyl (C=O) groups excluding carboxylic acids is 1. The third kappa shape index (κ3) is 7.60. The first-order valence-electron chi connectivity index (χ1n) is 13.8. The fourth-order valence-corrected chi connectivity index (χ4v) is 5.00. The van der Waals surface area contributed by atoms with Gasteiger partial charge in [-0.3, -0.25) is 10.2 Å². The third-order valence-corrected chi connectivity index (χ3v) is 6.88. The van der Waals surface area contributed by atoms with Gasteiger partial charge in [0.2, 0.25) is 0 Å². The van der Waals surface area contributed by atoms with E-state index in [-0.39, 0.29) is 35.9 Å². The second-order valence-electron chi connectivity index (χ2n) is 11.1. The van der Waals surface area contributed by atoms with Crippen molar-refractivity contribution >= 4 is 23.3 Å². The molecule has 10 nitrogen and oxygen atoms in total. The maximum absolute atomic E-state index is 15.2. The minimum absolute atomic E-state index is 0.00932. The maximum Gasteiger partial charge on any atom is 0.250 e. The van der Waals surface area contributed by atoms with Crippen LogP contribution in [0.2, 0.25) is 0 Å². The molecule has 0 aliphatic carbocycles. The van der Waals surface area contributed by atoms with E-state index < -0.39 is 29.5 Å². The van der Waals surface area contributed by atoms with Crippen molar-refractivity contribution in [3.8, 4) is 5.75 Å². The number of nitrogens with one attached hydrogen (secondary N) is 2. The second kappa shape index (κ2) is 12.8. The zero-order valence-corrected chi connectivity index (χ0v) is 23.6. The molecule has 2 atom stereocenters. The summed E-state index contributed by atoms with van der Waals surface area (Å²) >= 11 is 0. The molecule has 3 aliphatic rings. The molecule has 40 heavy (non-hydrogen) atoms. The van der Waals surface area contributed by atoms with E-state index in [2.05, 4.69) is 10.3 Å². The van der Waals surface area contributed by atoms with Gasteiger partial charge in [-0.2, -0.15) is 0 Å². The summed E-state index contributed by atoms with van der Waals surface area (Å²) in [5.74, 6) is -1.95. The van der Waals surface area contributed by atoms with Crippen LogP contribution in [0.15, 0.2) is 47.3 Å². The van der Waals surface area contributed by atoms with Gasteiger partial charge in [-0.15, -0.1) is 0 Å². The molecule has 0 aromatic heterocycles. The summed E-state index contributed by atoms with van der Waals surface area (Å²) in [6, 6.07) is 4.11. The van der Waals surface area contributed by atoms with Crippen LogP contribution in [-0.2, 0) is 14.3 Å². The molecule has 1 aromatic rings. The van der Waals surface area contributed by atoms with Gasteiger partial charge in [0.15, 0.2) is 17.4 Å². The van der Waals surface area contributed by atoms with Crippen molar-refractivity contribution in [1.82, 2.24) is 10.2 Å². The highest BCUT2D eigenvalue weighted by Gasteiger charge is 2.33. The number of anilines is 1. The molecule has 4 rings (SSSR count). The van der Waals surface area contributed by atoms with Gasteiger partial charge in [0, 0.05) is 31.9 Å². The first kappa shape index (κ1) is 29.5. The SMILES string of the molecule is CC(C)C[C@@H](C([O-])=NC(=N)/C=C\NC[C@@H]1COC(C)(C)O1)N1CC(Oc2cccc(N3CCCC3)c2F)=CC1=O. The van der Waals surface area contributed by atoms with E-state index in [0.717, 1.165) is 25.9 Å². The first-order chi connectivity index (χ1) is 19.0. The fraction of sp³-hybridized carbons (Fsp3) is 0.552. The molecule has 218 valence electrons. The zero-order chi connectivity index (χ0) is 28.9. The van der Waals surface area contributed by atoms with E-state index >= 15 is 4.39 Å². The van der Waals surface area contributed by atoms with E-state index in [9.17, 15) is 9.90 Å². The van der Waals surface area contributed by atoms with Gasteiger partial charge in [0.25, 0.3) is 5.91 Å². The van der Waals surface area contributed by atoms with Crippen LogP contribution >= 0.6 is 0 Å². The van der Waals surface area contributed by atoms with Crippen molar-refractivity contribution < 1.29 is 28.5 Å². The van der Waals surface area contributed by atoms with Crippen LogP contribution in [0.25, 0.3) is 0 Å². The smallest absolute Gasteiger partial charge is 0.250 e. The summed E-state index contributed by atoms with van der Waals surface area (Å²) in [7, 11) is 0. The molecule has 11 heteroatoms. The lowest BCUT2D eigenvalue weighted by Crippen LogP contribution is -2.48. The number of hydrogen-bond acceptors (Lipinski definition) is 8. The van der Waals surface area contributed by atoms with Crippen LogP contribution in [0.3, 0.4) is 0 Å². The second-order valence-corrected chi connectivity index (χ2v) is 11.1. The predicted octanol–water partition coefficient (Wildman–Crippen LogP) is 2.94. The molecule has 3 aliphatic heterocycles. The highest BCUT2D eigenvalue weighted by atomic mass is 19.1.